The monoisotopic (exact) mass is 346 g/mol. The molecular formula is C16H14N2O5S. The van der Waals surface area contributed by atoms with Crippen molar-refractivity contribution in [2.24, 2.45) is 0 Å². The second kappa shape index (κ2) is 7.02. The van der Waals surface area contributed by atoms with Crippen molar-refractivity contribution in [3.8, 4) is 5.75 Å². The molecule has 0 spiro atoms. The molecule has 1 heterocycles. The van der Waals surface area contributed by atoms with Gasteiger partial charge in [-0.3, -0.25) is 4.79 Å². The van der Waals surface area contributed by atoms with E-state index in [-0.39, 0.29) is 23.0 Å². The summed E-state index contributed by atoms with van der Waals surface area (Å²) < 4.78 is 10.5. The third-order valence-electron chi connectivity index (χ3n) is 3.35. The zero-order chi connectivity index (χ0) is 17.1. The largest absolute Gasteiger partial charge is 0.595 e. The van der Waals surface area contributed by atoms with E-state index in [2.05, 4.69) is 4.98 Å². The number of hydrogen-bond donors (Lipinski definition) is 2. The zero-order valence-corrected chi connectivity index (χ0v) is 13.5. The predicted octanol–water partition coefficient (Wildman–Crippen LogP) is 2.21. The van der Waals surface area contributed by atoms with E-state index < -0.39 is 5.23 Å². The van der Waals surface area contributed by atoms with Gasteiger partial charge in [0.05, 0.1) is 12.9 Å². The number of carbonyl (C=O) groups excluding carboxylic acids is 1. The van der Waals surface area contributed by atoms with E-state index in [1.54, 1.807) is 12.1 Å². The molecule has 0 aliphatic heterocycles. The van der Waals surface area contributed by atoms with Gasteiger partial charge in [-0.05, 0) is 24.3 Å². The second-order valence-corrected chi connectivity index (χ2v) is 5.81. The van der Waals surface area contributed by atoms with Crippen LogP contribution >= 0.6 is 11.8 Å². The van der Waals surface area contributed by atoms with E-state index >= 15 is 0 Å². The molecule has 0 radical (unpaired) electrons. The molecule has 124 valence electrons. The summed E-state index contributed by atoms with van der Waals surface area (Å²) in [5.74, 6) is 0.0937. The van der Waals surface area contributed by atoms with E-state index in [1.165, 1.54) is 31.0 Å². The SMILES string of the molecule is COc1ccc(C(=O)CSc2nc3ccccc3o2)cc1[NH+]([O-])O. The third-order valence-corrected chi connectivity index (χ3v) is 4.18. The molecule has 3 aromatic rings. The van der Waals surface area contributed by atoms with Crippen LogP contribution in [0.4, 0.5) is 5.69 Å². The molecule has 0 amide bonds. The van der Waals surface area contributed by atoms with Crippen LogP contribution in [0, 0.1) is 5.21 Å². The molecule has 0 bridgehead atoms. The number of hydrogen-bond acceptors (Lipinski definition) is 7. The van der Waals surface area contributed by atoms with Crippen molar-refractivity contribution in [2.75, 3.05) is 12.9 Å². The zero-order valence-electron chi connectivity index (χ0n) is 12.7. The van der Waals surface area contributed by atoms with Gasteiger partial charge in [0.25, 0.3) is 5.22 Å². The highest BCUT2D eigenvalue weighted by molar-refractivity contribution is 7.99. The van der Waals surface area contributed by atoms with Crippen LogP contribution in [0.2, 0.25) is 0 Å². The van der Waals surface area contributed by atoms with Crippen molar-refractivity contribution < 1.29 is 24.4 Å². The van der Waals surface area contributed by atoms with Crippen molar-refractivity contribution in [2.45, 2.75) is 5.22 Å². The second-order valence-electron chi connectivity index (χ2n) is 4.88. The molecule has 1 atom stereocenters. The van der Waals surface area contributed by atoms with E-state index in [0.717, 1.165) is 5.52 Å². The maximum Gasteiger partial charge on any atom is 0.257 e. The van der Waals surface area contributed by atoms with E-state index in [9.17, 15) is 15.2 Å². The predicted molar refractivity (Wildman–Crippen MR) is 87.8 cm³/mol. The van der Waals surface area contributed by atoms with Gasteiger partial charge in [0.2, 0.25) is 5.69 Å². The van der Waals surface area contributed by atoms with Gasteiger partial charge in [0.15, 0.2) is 17.1 Å². The molecule has 0 aliphatic carbocycles. The van der Waals surface area contributed by atoms with Crippen LogP contribution in [0.15, 0.2) is 52.1 Å². The normalized spacial score (nSPS) is 12.3. The number of nitrogens with one attached hydrogen (secondary N) is 1. The highest BCUT2D eigenvalue weighted by Crippen LogP contribution is 2.26. The lowest BCUT2D eigenvalue weighted by molar-refractivity contribution is -0.991. The Balaban J connectivity index is 1.73. The Bertz CT molecular complexity index is 845. The van der Waals surface area contributed by atoms with Crippen LogP contribution in [-0.4, -0.2) is 28.8 Å². The van der Waals surface area contributed by atoms with E-state index in [0.29, 0.717) is 16.4 Å². The average molecular weight is 346 g/mol. The molecule has 0 saturated heterocycles. The number of methoxy groups -OCH3 is 1. The molecule has 7 nitrogen and oxygen atoms in total. The molecule has 0 fully saturated rings. The number of ether oxygens (including phenoxy) is 1. The topological polar surface area (TPSA) is 100 Å². The number of nitrogens with zero attached hydrogens (tertiary/aromatic N) is 1. The maximum absolute atomic E-state index is 12.3. The first-order valence-electron chi connectivity index (χ1n) is 7.01. The van der Waals surface area contributed by atoms with Gasteiger partial charge in [0, 0.05) is 11.6 Å². The molecule has 3 rings (SSSR count). The minimum atomic E-state index is -1.15. The molecule has 2 N–H and O–H groups in total. The molecule has 1 unspecified atom stereocenters. The average Bonchev–Trinajstić information content (AvgIpc) is 3.02. The number of oxazole rings is 1. The Morgan fingerprint density at radius 2 is 2.17 bits per heavy atom. The highest BCUT2D eigenvalue weighted by Gasteiger charge is 2.16. The van der Waals surface area contributed by atoms with Crippen LogP contribution in [0.3, 0.4) is 0 Å². The van der Waals surface area contributed by atoms with Crippen molar-refractivity contribution in [3.63, 3.8) is 0 Å². The van der Waals surface area contributed by atoms with Crippen molar-refractivity contribution >= 4 is 34.3 Å². The van der Waals surface area contributed by atoms with E-state index in [1.807, 2.05) is 18.2 Å². The standard InChI is InChI=1S/C16H14N2O5S/c1-22-15-7-6-10(8-12(15)18(20)21)13(19)9-24-16-17-11-4-2-3-5-14(11)23-16/h2-8,18,20H,9H2,1H3. The lowest BCUT2D eigenvalue weighted by atomic mass is 10.1. The summed E-state index contributed by atoms with van der Waals surface area (Å²) in [4.78, 5) is 16.6. The Morgan fingerprint density at radius 1 is 1.38 bits per heavy atom. The van der Waals surface area contributed by atoms with E-state index in [4.69, 9.17) is 9.15 Å². The maximum atomic E-state index is 12.3. The first-order chi connectivity index (χ1) is 11.6. The van der Waals surface area contributed by atoms with Gasteiger partial charge in [-0.2, -0.15) is 5.23 Å². The molecule has 8 heteroatoms. The number of para-hydroxylation sites is 2. The molecule has 0 saturated carbocycles. The van der Waals surface area contributed by atoms with Crippen LogP contribution in [0.1, 0.15) is 10.4 Å². The van der Waals surface area contributed by atoms with Gasteiger partial charge in [-0.1, -0.05) is 23.9 Å². The lowest BCUT2D eigenvalue weighted by Gasteiger charge is -2.15. The first kappa shape index (κ1) is 16.5. The number of aromatic nitrogens is 1. The summed E-state index contributed by atoms with van der Waals surface area (Å²) in [7, 11) is 1.38. The Hall–Kier alpha value is -2.39. The molecular weight excluding hydrogens is 332 g/mol. The molecule has 24 heavy (non-hydrogen) atoms. The Labute approximate surface area is 141 Å². The summed E-state index contributed by atoms with van der Waals surface area (Å²) in [5, 5.41) is 19.6. The molecule has 0 aliphatic rings. The van der Waals surface area contributed by atoms with Crippen LogP contribution in [0.5, 0.6) is 5.75 Å². The van der Waals surface area contributed by atoms with Gasteiger partial charge >= 0.3 is 0 Å². The number of rotatable bonds is 6. The number of quaternary nitrogens is 1. The molecule has 1 aromatic heterocycles. The summed E-state index contributed by atoms with van der Waals surface area (Å²) in [6.07, 6.45) is 0. The third kappa shape index (κ3) is 3.41. The summed E-state index contributed by atoms with van der Waals surface area (Å²) >= 11 is 1.17. The van der Waals surface area contributed by atoms with Crippen molar-refractivity contribution in [1.29, 1.82) is 0 Å². The fourth-order valence-corrected chi connectivity index (χ4v) is 2.90. The van der Waals surface area contributed by atoms with Gasteiger partial charge in [-0.25, -0.2) is 10.2 Å². The van der Waals surface area contributed by atoms with Gasteiger partial charge in [0.1, 0.15) is 5.52 Å². The number of Topliss-reactive ketones (excluding diaryl/α,β-unsaturated/α-hetero) is 1. The Morgan fingerprint density at radius 3 is 2.88 bits per heavy atom. The van der Waals surface area contributed by atoms with Gasteiger partial charge < -0.3 is 14.4 Å². The Kier molecular flexibility index (Phi) is 4.81. The minimum Gasteiger partial charge on any atom is -0.595 e. The number of thioether (sulfide) groups is 1. The number of ketones is 1. The van der Waals surface area contributed by atoms with Crippen molar-refractivity contribution in [3.05, 3.63) is 53.2 Å². The summed E-state index contributed by atoms with van der Waals surface area (Å²) in [6.45, 7) is 0. The highest BCUT2D eigenvalue weighted by atomic mass is 32.2. The lowest BCUT2D eigenvalue weighted by Crippen LogP contribution is -2.99. The number of benzene rings is 2. The number of fused-ring (bicyclic) bond motifs is 1. The fraction of sp³-hybridized carbons (Fsp3) is 0.125. The minimum absolute atomic E-state index is 0.0461. The van der Waals surface area contributed by atoms with Crippen LogP contribution in [-0.2, 0) is 0 Å². The van der Waals surface area contributed by atoms with Gasteiger partial charge in [-0.15, -0.1) is 0 Å². The number of carbonyl (C=O) groups is 1. The smallest absolute Gasteiger partial charge is 0.257 e. The fourth-order valence-electron chi connectivity index (χ4n) is 2.17. The first-order valence-corrected chi connectivity index (χ1v) is 8.00. The summed E-state index contributed by atoms with van der Waals surface area (Å²) in [5.41, 5.74) is 1.64. The summed E-state index contributed by atoms with van der Waals surface area (Å²) in [6, 6.07) is 11.7. The van der Waals surface area contributed by atoms with Crippen molar-refractivity contribution in [1.82, 2.24) is 4.98 Å². The van der Waals surface area contributed by atoms with Crippen LogP contribution in [0.25, 0.3) is 11.1 Å². The quantitative estimate of drug-likeness (QED) is 0.401. The van der Waals surface area contributed by atoms with Crippen LogP contribution < -0.4 is 9.96 Å². The molecule has 2 aromatic carbocycles.